The van der Waals surface area contributed by atoms with E-state index in [9.17, 15) is 0 Å². The van der Waals surface area contributed by atoms with Crippen molar-refractivity contribution in [2.75, 3.05) is 0 Å². The van der Waals surface area contributed by atoms with Crippen molar-refractivity contribution < 1.29 is 0 Å². The molecule has 0 spiro atoms. The summed E-state index contributed by atoms with van der Waals surface area (Å²) < 4.78 is 0. The van der Waals surface area contributed by atoms with Gasteiger partial charge in [-0.1, -0.05) is 24.9 Å². The van der Waals surface area contributed by atoms with Gasteiger partial charge in [-0.25, -0.2) is 0 Å². The lowest BCUT2D eigenvalue weighted by Gasteiger charge is -2.08. The molecule has 2 heteroatoms. The number of nitrogens with zero attached hydrogens (tertiary/aromatic N) is 1. The third-order valence-corrected chi connectivity index (χ3v) is 2.84. The molecule has 0 radical (unpaired) electrons. The number of aromatic nitrogens is 1. The van der Waals surface area contributed by atoms with Crippen LogP contribution in [0.5, 0.6) is 0 Å². The first-order valence-electron chi connectivity index (χ1n) is 4.77. The van der Waals surface area contributed by atoms with Crippen LogP contribution in [0, 0.1) is 13.8 Å². The van der Waals surface area contributed by atoms with Crippen LogP contribution in [0.3, 0.4) is 0 Å². The fraction of sp³-hybridized carbons (Fsp3) is 0.545. The Morgan fingerprint density at radius 3 is 2.62 bits per heavy atom. The minimum absolute atomic E-state index is 0.776. The molecule has 0 amide bonds. The predicted octanol–water partition coefficient (Wildman–Crippen LogP) is 3.69. The molecular formula is C11H16ClN. The predicted molar refractivity (Wildman–Crippen MR) is 57.3 cm³/mol. The van der Waals surface area contributed by atoms with E-state index in [-0.39, 0.29) is 0 Å². The molecule has 1 aromatic rings. The standard InChI is InChI=1S/C11H16ClN/c1-4-5-6-11-9(3)8(2)10(12)7-13-11/h7H,4-6H2,1-3H3. The van der Waals surface area contributed by atoms with E-state index >= 15 is 0 Å². The average molecular weight is 198 g/mol. The molecule has 13 heavy (non-hydrogen) atoms. The zero-order valence-corrected chi connectivity index (χ0v) is 9.28. The lowest BCUT2D eigenvalue weighted by Crippen LogP contribution is -1.97. The monoisotopic (exact) mass is 197 g/mol. The molecule has 0 atom stereocenters. The highest BCUT2D eigenvalue weighted by molar-refractivity contribution is 6.31. The highest BCUT2D eigenvalue weighted by atomic mass is 35.5. The molecule has 0 bridgehead atoms. The summed E-state index contributed by atoms with van der Waals surface area (Å²) in [6.07, 6.45) is 5.24. The normalized spacial score (nSPS) is 10.5. The fourth-order valence-corrected chi connectivity index (χ4v) is 1.51. The molecular weight excluding hydrogens is 182 g/mol. The fourth-order valence-electron chi connectivity index (χ4n) is 1.32. The van der Waals surface area contributed by atoms with Gasteiger partial charge in [0.05, 0.1) is 5.02 Å². The van der Waals surface area contributed by atoms with Gasteiger partial charge in [-0.2, -0.15) is 0 Å². The van der Waals surface area contributed by atoms with Crippen LogP contribution in [-0.4, -0.2) is 4.98 Å². The number of hydrogen-bond donors (Lipinski definition) is 0. The van der Waals surface area contributed by atoms with Crippen LogP contribution >= 0.6 is 11.6 Å². The minimum atomic E-state index is 0.776. The number of pyridine rings is 1. The molecule has 0 N–H and O–H groups in total. The van der Waals surface area contributed by atoms with Crippen LogP contribution in [-0.2, 0) is 6.42 Å². The van der Waals surface area contributed by atoms with E-state index in [1.54, 1.807) is 6.20 Å². The summed E-state index contributed by atoms with van der Waals surface area (Å²) in [6.45, 7) is 6.34. The molecule has 72 valence electrons. The third-order valence-electron chi connectivity index (χ3n) is 2.45. The maximum atomic E-state index is 5.96. The Labute approximate surface area is 85.1 Å². The first kappa shape index (κ1) is 10.5. The number of unbranched alkanes of at least 4 members (excludes halogenated alkanes) is 1. The minimum Gasteiger partial charge on any atom is -0.259 e. The van der Waals surface area contributed by atoms with E-state index in [1.807, 2.05) is 0 Å². The van der Waals surface area contributed by atoms with Gasteiger partial charge in [0.15, 0.2) is 0 Å². The summed E-state index contributed by atoms with van der Waals surface area (Å²) in [5.41, 5.74) is 3.62. The SMILES string of the molecule is CCCCc1ncc(Cl)c(C)c1C. The van der Waals surface area contributed by atoms with Crippen molar-refractivity contribution in [2.45, 2.75) is 40.0 Å². The Hall–Kier alpha value is -0.560. The van der Waals surface area contributed by atoms with E-state index in [0.717, 1.165) is 11.4 Å². The number of aryl methyl sites for hydroxylation is 1. The average Bonchev–Trinajstić information content (AvgIpc) is 2.13. The summed E-state index contributed by atoms with van der Waals surface area (Å²) >= 11 is 5.96. The Kier molecular flexibility index (Phi) is 3.73. The van der Waals surface area contributed by atoms with Gasteiger partial charge in [0.25, 0.3) is 0 Å². The molecule has 0 saturated heterocycles. The summed E-state index contributed by atoms with van der Waals surface area (Å²) in [4.78, 5) is 4.34. The number of rotatable bonds is 3. The van der Waals surface area contributed by atoms with Crippen molar-refractivity contribution in [1.29, 1.82) is 0 Å². The van der Waals surface area contributed by atoms with Crippen molar-refractivity contribution in [2.24, 2.45) is 0 Å². The van der Waals surface area contributed by atoms with Crippen molar-refractivity contribution in [3.63, 3.8) is 0 Å². The Morgan fingerprint density at radius 2 is 2.00 bits per heavy atom. The highest BCUT2D eigenvalue weighted by Crippen LogP contribution is 2.20. The zero-order chi connectivity index (χ0) is 9.84. The molecule has 1 heterocycles. The van der Waals surface area contributed by atoms with E-state index in [4.69, 9.17) is 11.6 Å². The van der Waals surface area contributed by atoms with Gasteiger partial charge in [0.2, 0.25) is 0 Å². The van der Waals surface area contributed by atoms with Gasteiger partial charge >= 0.3 is 0 Å². The Bertz CT molecular complexity index is 294. The second-order valence-electron chi connectivity index (χ2n) is 3.41. The molecule has 0 aliphatic carbocycles. The van der Waals surface area contributed by atoms with Crippen molar-refractivity contribution in [3.05, 3.63) is 28.0 Å². The lowest BCUT2D eigenvalue weighted by molar-refractivity contribution is 0.770. The summed E-state index contributed by atoms with van der Waals surface area (Å²) in [6, 6.07) is 0. The van der Waals surface area contributed by atoms with Crippen molar-refractivity contribution >= 4 is 11.6 Å². The maximum Gasteiger partial charge on any atom is 0.0621 e. The lowest BCUT2D eigenvalue weighted by atomic mass is 10.1. The van der Waals surface area contributed by atoms with Gasteiger partial charge in [0, 0.05) is 11.9 Å². The second-order valence-corrected chi connectivity index (χ2v) is 3.81. The molecule has 0 fully saturated rings. The van der Waals surface area contributed by atoms with Crippen LogP contribution in [0.25, 0.3) is 0 Å². The van der Waals surface area contributed by atoms with Crippen molar-refractivity contribution in [3.8, 4) is 0 Å². The van der Waals surface area contributed by atoms with E-state index in [1.165, 1.54) is 29.7 Å². The largest absolute Gasteiger partial charge is 0.259 e. The first-order chi connectivity index (χ1) is 6.16. The van der Waals surface area contributed by atoms with Gasteiger partial charge in [-0.05, 0) is 37.8 Å². The van der Waals surface area contributed by atoms with E-state index in [0.29, 0.717) is 0 Å². The summed E-state index contributed by atoms with van der Waals surface area (Å²) in [5, 5.41) is 0.776. The highest BCUT2D eigenvalue weighted by Gasteiger charge is 2.05. The molecule has 1 aromatic heterocycles. The molecule has 0 unspecified atom stereocenters. The van der Waals surface area contributed by atoms with Gasteiger partial charge in [0.1, 0.15) is 0 Å². The molecule has 0 aromatic carbocycles. The molecule has 1 nitrogen and oxygen atoms in total. The van der Waals surface area contributed by atoms with Crippen LogP contribution < -0.4 is 0 Å². The number of hydrogen-bond acceptors (Lipinski definition) is 1. The van der Waals surface area contributed by atoms with Crippen LogP contribution in [0.2, 0.25) is 5.02 Å². The number of halogens is 1. The van der Waals surface area contributed by atoms with Crippen LogP contribution in [0.1, 0.15) is 36.6 Å². The Balaban J connectivity index is 2.90. The summed E-state index contributed by atoms with van der Waals surface area (Å²) in [7, 11) is 0. The first-order valence-corrected chi connectivity index (χ1v) is 5.15. The molecule has 1 rings (SSSR count). The third kappa shape index (κ3) is 2.44. The molecule has 0 saturated carbocycles. The van der Waals surface area contributed by atoms with Crippen LogP contribution in [0.15, 0.2) is 6.20 Å². The van der Waals surface area contributed by atoms with Gasteiger partial charge < -0.3 is 0 Å². The topological polar surface area (TPSA) is 12.9 Å². The van der Waals surface area contributed by atoms with Gasteiger partial charge in [-0.3, -0.25) is 4.98 Å². The summed E-state index contributed by atoms with van der Waals surface area (Å²) in [5.74, 6) is 0. The van der Waals surface area contributed by atoms with Gasteiger partial charge in [-0.15, -0.1) is 0 Å². The van der Waals surface area contributed by atoms with E-state index in [2.05, 4.69) is 25.8 Å². The van der Waals surface area contributed by atoms with Crippen LogP contribution in [0.4, 0.5) is 0 Å². The molecule has 0 aliphatic rings. The quantitative estimate of drug-likeness (QED) is 0.720. The second kappa shape index (κ2) is 4.61. The smallest absolute Gasteiger partial charge is 0.0621 e. The van der Waals surface area contributed by atoms with Crippen molar-refractivity contribution in [1.82, 2.24) is 4.98 Å². The van der Waals surface area contributed by atoms with E-state index < -0.39 is 0 Å². The molecule has 0 aliphatic heterocycles. The zero-order valence-electron chi connectivity index (χ0n) is 8.52. The Morgan fingerprint density at radius 1 is 1.31 bits per heavy atom. The maximum absolute atomic E-state index is 5.96.